The van der Waals surface area contributed by atoms with E-state index >= 15 is 0 Å². The van der Waals surface area contributed by atoms with E-state index < -0.39 is 10.0 Å². The van der Waals surface area contributed by atoms with E-state index in [0.29, 0.717) is 6.54 Å². The zero-order valence-corrected chi connectivity index (χ0v) is 11.6. The molecule has 1 fully saturated rings. The molecule has 1 saturated carbocycles. The smallest absolute Gasteiger partial charge is 0.242 e. The molecule has 0 unspecified atom stereocenters. The summed E-state index contributed by atoms with van der Waals surface area (Å²) in [5.74, 6) is 0. The van der Waals surface area contributed by atoms with Crippen molar-refractivity contribution in [3.8, 4) is 0 Å². The molecule has 0 saturated heterocycles. The Hall–Kier alpha value is -1.05. The molecule has 3 N–H and O–H groups in total. The first-order chi connectivity index (χ1) is 8.34. The number of thiocarbonyl (C=S) groups is 1. The number of nitrogens with one attached hydrogen (secondary N) is 1. The van der Waals surface area contributed by atoms with Crippen molar-refractivity contribution in [1.29, 1.82) is 0 Å². The number of hydrogen-bond acceptors (Lipinski definition) is 4. The van der Waals surface area contributed by atoms with E-state index in [1.165, 1.54) is 12.3 Å². The number of sulfonamides is 1. The minimum Gasteiger partial charge on any atom is -0.388 e. The molecule has 1 aliphatic rings. The summed E-state index contributed by atoms with van der Waals surface area (Å²) in [7, 11) is -3.61. The summed E-state index contributed by atoms with van der Waals surface area (Å²) in [5, 5.41) is 0. The number of nitrogens with two attached hydrogens (primary N) is 1. The lowest BCUT2D eigenvalue weighted by Crippen LogP contribution is -2.31. The maximum atomic E-state index is 12.2. The third-order valence-corrected chi connectivity index (χ3v) is 4.71. The SMILES string of the molecule is CC1(CNS(=O)(=O)c2cccnc2C(N)=S)CC1. The van der Waals surface area contributed by atoms with Crippen LogP contribution in [0.3, 0.4) is 0 Å². The van der Waals surface area contributed by atoms with Gasteiger partial charge in [-0.2, -0.15) is 0 Å². The molecule has 18 heavy (non-hydrogen) atoms. The van der Waals surface area contributed by atoms with Gasteiger partial charge in [-0.1, -0.05) is 19.1 Å². The van der Waals surface area contributed by atoms with Gasteiger partial charge in [0, 0.05) is 12.7 Å². The van der Waals surface area contributed by atoms with Crippen LogP contribution in [-0.4, -0.2) is 24.9 Å². The summed E-state index contributed by atoms with van der Waals surface area (Å²) in [6, 6.07) is 3.01. The van der Waals surface area contributed by atoms with Crippen LogP contribution in [0.4, 0.5) is 0 Å². The van der Waals surface area contributed by atoms with Crippen LogP contribution in [-0.2, 0) is 10.0 Å². The largest absolute Gasteiger partial charge is 0.388 e. The predicted molar refractivity (Wildman–Crippen MR) is 72.7 cm³/mol. The third-order valence-electron chi connectivity index (χ3n) is 3.09. The Morgan fingerprint density at radius 1 is 1.61 bits per heavy atom. The zero-order valence-electron chi connectivity index (χ0n) is 10.0. The minimum atomic E-state index is -3.61. The molecule has 1 aliphatic carbocycles. The van der Waals surface area contributed by atoms with Gasteiger partial charge in [0.05, 0.1) is 0 Å². The molecular formula is C11H15N3O2S2. The summed E-state index contributed by atoms with van der Waals surface area (Å²) in [4.78, 5) is 3.94. The molecule has 0 spiro atoms. The van der Waals surface area contributed by atoms with Crippen molar-refractivity contribution in [1.82, 2.24) is 9.71 Å². The second kappa shape index (κ2) is 4.56. The van der Waals surface area contributed by atoms with Crippen LogP contribution in [0.5, 0.6) is 0 Å². The van der Waals surface area contributed by atoms with Gasteiger partial charge < -0.3 is 5.73 Å². The summed E-state index contributed by atoms with van der Waals surface area (Å²) >= 11 is 4.81. The number of aromatic nitrogens is 1. The fourth-order valence-electron chi connectivity index (χ4n) is 1.53. The lowest BCUT2D eigenvalue weighted by molar-refractivity contribution is 0.530. The van der Waals surface area contributed by atoms with E-state index in [1.807, 2.05) is 6.92 Å². The maximum Gasteiger partial charge on any atom is 0.242 e. The van der Waals surface area contributed by atoms with Crippen molar-refractivity contribution >= 4 is 27.2 Å². The number of rotatable bonds is 5. The Labute approximate surface area is 112 Å². The Morgan fingerprint density at radius 3 is 2.83 bits per heavy atom. The lowest BCUT2D eigenvalue weighted by atomic mass is 10.2. The predicted octanol–water partition coefficient (Wildman–Crippen LogP) is 0.794. The van der Waals surface area contributed by atoms with Gasteiger partial charge in [-0.25, -0.2) is 13.1 Å². The quantitative estimate of drug-likeness (QED) is 0.781. The Balaban J connectivity index is 2.26. The fraction of sp³-hybridized carbons (Fsp3) is 0.455. The van der Waals surface area contributed by atoms with Crippen LogP contribution in [0.25, 0.3) is 0 Å². The van der Waals surface area contributed by atoms with Crippen molar-refractivity contribution in [3.05, 3.63) is 24.0 Å². The Kier molecular flexibility index (Phi) is 3.39. The lowest BCUT2D eigenvalue weighted by Gasteiger charge is -2.12. The molecule has 1 heterocycles. The van der Waals surface area contributed by atoms with Crippen molar-refractivity contribution < 1.29 is 8.42 Å². The van der Waals surface area contributed by atoms with Gasteiger partial charge in [0.25, 0.3) is 0 Å². The van der Waals surface area contributed by atoms with Gasteiger partial charge in [-0.3, -0.25) is 4.98 Å². The van der Waals surface area contributed by atoms with Crippen molar-refractivity contribution in [2.45, 2.75) is 24.7 Å². The molecule has 1 aromatic heterocycles. The molecule has 0 amide bonds. The number of nitrogens with zero attached hydrogens (tertiary/aromatic N) is 1. The molecule has 98 valence electrons. The molecule has 1 aromatic rings. The molecule has 0 radical (unpaired) electrons. The molecule has 0 aliphatic heterocycles. The molecule has 7 heteroatoms. The van der Waals surface area contributed by atoms with Gasteiger partial charge in [0.15, 0.2) is 0 Å². The second-order valence-corrected chi connectivity index (χ2v) is 7.02. The first kappa shape index (κ1) is 13.4. The highest BCUT2D eigenvalue weighted by molar-refractivity contribution is 7.89. The van der Waals surface area contributed by atoms with Crippen LogP contribution in [0.15, 0.2) is 23.2 Å². The molecule has 5 nitrogen and oxygen atoms in total. The van der Waals surface area contributed by atoms with Gasteiger partial charge in [0.1, 0.15) is 15.6 Å². The second-order valence-electron chi connectivity index (χ2n) is 4.85. The topological polar surface area (TPSA) is 85.1 Å². The summed E-state index contributed by atoms with van der Waals surface area (Å²) in [6.07, 6.45) is 3.56. The Bertz CT molecular complexity index is 580. The van der Waals surface area contributed by atoms with Gasteiger partial charge >= 0.3 is 0 Å². The van der Waals surface area contributed by atoms with E-state index in [1.54, 1.807) is 6.07 Å². The fourth-order valence-corrected chi connectivity index (χ4v) is 3.13. The average molecular weight is 285 g/mol. The van der Waals surface area contributed by atoms with Crippen LogP contribution in [0.2, 0.25) is 0 Å². The van der Waals surface area contributed by atoms with Crippen LogP contribution in [0, 0.1) is 5.41 Å². The Morgan fingerprint density at radius 2 is 2.28 bits per heavy atom. The van der Waals surface area contributed by atoms with Crippen molar-refractivity contribution in [2.24, 2.45) is 11.1 Å². The minimum absolute atomic E-state index is 0.0198. The van der Waals surface area contributed by atoms with Gasteiger partial charge in [0.2, 0.25) is 10.0 Å². The highest BCUT2D eigenvalue weighted by atomic mass is 32.2. The summed E-state index contributed by atoms with van der Waals surface area (Å²) in [5.41, 5.74) is 5.72. The number of hydrogen-bond donors (Lipinski definition) is 2. The van der Waals surface area contributed by atoms with Crippen molar-refractivity contribution in [2.75, 3.05) is 6.54 Å². The van der Waals surface area contributed by atoms with E-state index in [-0.39, 0.29) is 21.0 Å². The highest BCUT2D eigenvalue weighted by Crippen LogP contribution is 2.44. The molecular weight excluding hydrogens is 270 g/mol. The normalized spacial score (nSPS) is 17.4. The van der Waals surface area contributed by atoms with E-state index in [0.717, 1.165) is 12.8 Å². The summed E-state index contributed by atoms with van der Waals surface area (Å²) < 4.78 is 26.9. The zero-order chi connectivity index (χ0) is 13.4. The van der Waals surface area contributed by atoms with Gasteiger partial charge in [-0.15, -0.1) is 0 Å². The van der Waals surface area contributed by atoms with Gasteiger partial charge in [-0.05, 0) is 30.4 Å². The van der Waals surface area contributed by atoms with E-state index in [9.17, 15) is 8.42 Å². The molecule has 0 bridgehead atoms. The van der Waals surface area contributed by atoms with Crippen molar-refractivity contribution in [3.63, 3.8) is 0 Å². The average Bonchev–Trinajstić information content (AvgIpc) is 3.06. The molecule has 2 rings (SSSR count). The number of pyridine rings is 1. The first-order valence-electron chi connectivity index (χ1n) is 5.59. The van der Waals surface area contributed by atoms with E-state index in [4.69, 9.17) is 18.0 Å². The standard InChI is InChI=1S/C11H15N3O2S2/c1-11(4-5-11)7-14-18(15,16)8-3-2-6-13-9(8)10(12)17/h2-3,6,14H,4-5,7H2,1H3,(H2,12,17). The van der Waals surface area contributed by atoms with Crippen LogP contribution >= 0.6 is 12.2 Å². The monoisotopic (exact) mass is 285 g/mol. The van der Waals surface area contributed by atoms with Crippen LogP contribution in [0.1, 0.15) is 25.5 Å². The van der Waals surface area contributed by atoms with E-state index in [2.05, 4.69) is 9.71 Å². The highest BCUT2D eigenvalue weighted by Gasteiger charge is 2.38. The third kappa shape index (κ3) is 2.85. The van der Waals surface area contributed by atoms with Crippen LogP contribution < -0.4 is 10.5 Å². The molecule has 0 aromatic carbocycles. The molecule has 0 atom stereocenters. The summed E-state index contributed by atoms with van der Waals surface area (Å²) in [6.45, 7) is 2.48. The first-order valence-corrected chi connectivity index (χ1v) is 7.48. The maximum absolute atomic E-state index is 12.2.